The monoisotopic (exact) mass is 477 g/mol. The SMILES string of the molecule is NCCc1ccc(S(=O)(=O)NC(=O)c2ccccc2Nc2ccc(SC(F)F)cc2)cc1. The second kappa shape index (κ2) is 10.6. The first-order valence-corrected chi connectivity index (χ1v) is 11.9. The zero-order valence-corrected chi connectivity index (χ0v) is 18.4. The normalized spacial score (nSPS) is 11.4. The average Bonchev–Trinajstić information content (AvgIpc) is 2.75. The molecule has 0 radical (unpaired) electrons. The van der Waals surface area contributed by atoms with Crippen molar-refractivity contribution < 1.29 is 22.0 Å². The van der Waals surface area contributed by atoms with E-state index < -0.39 is 21.7 Å². The number of hydrogen-bond donors (Lipinski definition) is 3. The summed E-state index contributed by atoms with van der Waals surface area (Å²) in [7, 11) is -4.08. The molecule has 168 valence electrons. The summed E-state index contributed by atoms with van der Waals surface area (Å²) in [5.41, 5.74) is 7.43. The van der Waals surface area contributed by atoms with Gasteiger partial charge < -0.3 is 11.1 Å². The number of para-hydroxylation sites is 1. The van der Waals surface area contributed by atoms with Crippen LogP contribution in [-0.4, -0.2) is 26.6 Å². The molecule has 3 rings (SSSR count). The Hall–Kier alpha value is -2.95. The van der Waals surface area contributed by atoms with Crippen molar-refractivity contribution in [2.24, 2.45) is 5.73 Å². The summed E-state index contributed by atoms with van der Waals surface area (Å²) in [6.45, 7) is 0.445. The lowest BCUT2D eigenvalue weighted by molar-refractivity contribution is 0.0982. The van der Waals surface area contributed by atoms with Crippen molar-refractivity contribution >= 4 is 39.1 Å². The van der Waals surface area contributed by atoms with Crippen LogP contribution < -0.4 is 15.8 Å². The van der Waals surface area contributed by atoms with Gasteiger partial charge in [0.1, 0.15) is 0 Å². The van der Waals surface area contributed by atoms with Crippen LogP contribution >= 0.6 is 11.8 Å². The lowest BCUT2D eigenvalue weighted by Crippen LogP contribution is -2.31. The van der Waals surface area contributed by atoms with E-state index in [1.165, 1.54) is 30.3 Å². The molecule has 3 aromatic carbocycles. The topological polar surface area (TPSA) is 101 Å². The highest BCUT2D eigenvalue weighted by Crippen LogP contribution is 2.28. The number of carbonyl (C=O) groups is 1. The molecule has 6 nitrogen and oxygen atoms in total. The number of benzene rings is 3. The van der Waals surface area contributed by atoms with E-state index in [1.54, 1.807) is 42.5 Å². The summed E-state index contributed by atoms with van der Waals surface area (Å²) in [4.78, 5) is 13.1. The van der Waals surface area contributed by atoms with Crippen molar-refractivity contribution in [3.63, 3.8) is 0 Å². The molecule has 0 spiro atoms. The van der Waals surface area contributed by atoms with E-state index >= 15 is 0 Å². The smallest absolute Gasteiger partial charge is 0.288 e. The predicted molar refractivity (Wildman–Crippen MR) is 122 cm³/mol. The Morgan fingerprint density at radius 2 is 1.62 bits per heavy atom. The number of amides is 1. The molecule has 0 atom stereocenters. The second-order valence-electron chi connectivity index (χ2n) is 6.69. The number of alkyl halides is 2. The van der Waals surface area contributed by atoms with Gasteiger partial charge in [-0.3, -0.25) is 4.79 Å². The number of nitrogens with two attached hydrogens (primary N) is 1. The summed E-state index contributed by atoms with van der Waals surface area (Å²) >= 11 is 0.431. The van der Waals surface area contributed by atoms with Gasteiger partial charge >= 0.3 is 0 Å². The van der Waals surface area contributed by atoms with Gasteiger partial charge in [-0.1, -0.05) is 36.0 Å². The van der Waals surface area contributed by atoms with Gasteiger partial charge in [0, 0.05) is 10.6 Å². The molecule has 10 heteroatoms. The highest BCUT2D eigenvalue weighted by Gasteiger charge is 2.20. The Labute approximate surface area is 189 Å². The van der Waals surface area contributed by atoms with Crippen molar-refractivity contribution in [3.8, 4) is 0 Å². The van der Waals surface area contributed by atoms with Gasteiger partial charge in [-0.2, -0.15) is 8.78 Å². The highest BCUT2D eigenvalue weighted by molar-refractivity contribution is 7.99. The molecule has 0 fully saturated rings. The van der Waals surface area contributed by atoms with Gasteiger partial charge in [0.15, 0.2) is 0 Å². The lowest BCUT2D eigenvalue weighted by Gasteiger charge is -2.13. The number of carbonyl (C=O) groups excluding carboxylic acids is 1. The predicted octanol–water partition coefficient (Wildman–Crippen LogP) is 4.36. The Morgan fingerprint density at radius 1 is 0.969 bits per heavy atom. The van der Waals surface area contributed by atoms with Crippen molar-refractivity contribution in [3.05, 3.63) is 83.9 Å². The molecule has 3 aromatic rings. The summed E-state index contributed by atoms with van der Waals surface area (Å²) in [6, 6.07) is 18.8. The first-order valence-electron chi connectivity index (χ1n) is 9.55. The molecular weight excluding hydrogens is 456 g/mol. The van der Waals surface area contributed by atoms with Gasteiger partial charge in [-0.25, -0.2) is 13.1 Å². The molecule has 1 amide bonds. The minimum Gasteiger partial charge on any atom is -0.355 e. The first kappa shape index (κ1) is 23.7. The molecule has 0 aliphatic rings. The number of sulfonamides is 1. The quantitative estimate of drug-likeness (QED) is 0.396. The lowest BCUT2D eigenvalue weighted by atomic mass is 10.1. The summed E-state index contributed by atoms with van der Waals surface area (Å²) in [6.07, 6.45) is 0.619. The van der Waals surface area contributed by atoms with Gasteiger partial charge in [0.05, 0.1) is 16.1 Å². The van der Waals surface area contributed by atoms with Gasteiger partial charge in [0.2, 0.25) is 0 Å². The number of thioether (sulfide) groups is 1. The van der Waals surface area contributed by atoms with Crippen molar-refractivity contribution in [1.82, 2.24) is 4.72 Å². The Balaban J connectivity index is 1.76. The maximum absolute atomic E-state index is 12.8. The molecule has 0 aliphatic carbocycles. The molecule has 0 unspecified atom stereocenters. The second-order valence-corrected chi connectivity index (χ2v) is 9.44. The molecule has 32 heavy (non-hydrogen) atoms. The fourth-order valence-electron chi connectivity index (χ4n) is 2.90. The molecule has 0 aliphatic heterocycles. The van der Waals surface area contributed by atoms with E-state index in [0.29, 0.717) is 41.0 Å². The Kier molecular flexibility index (Phi) is 7.84. The van der Waals surface area contributed by atoms with Crippen molar-refractivity contribution in [1.29, 1.82) is 0 Å². The fourth-order valence-corrected chi connectivity index (χ4v) is 4.37. The average molecular weight is 478 g/mol. The molecular formula is C22H21F2N3O3S2. The zero-order valence-electron chi connectivity index (χ0n) is 16.8. The van der Waals surface area contributed by atoms with Crippen LogP contribution in [0.25, 0.3) is 0 Å². The standard InChI is InChI=1S/C22H21F2N3O3S2/c23-22(24)31-17-9-7-16(8-10-17)26-20-4-2-1-3-19(20)21(28)27-32(29,30)18-11-5-15(6-12-18)13-14-25/h1-12,22,26H,13-14,25H2,(H,27,28). The van der Waals surface area contributed by atoms with Crippen molar-refractivity contribution in [2.45, 2.75) is 22.0 Å². The number of anilines is 2. The summed E-state index contributed by atoms with van der Waals surface area (Å²) in [5.74, 6) is -3.32. The molecule has 0 aromatic heterocycles. The van der Waals surface area contributed by atoms with Crippen LogP contribution in [0.4, 0.5) is 20.2 Å². The first-order chi connectivity index (χ1) is 15.3. The molecule has 0 bridgehead atoms. The Morgan fingerprint density at radius 3 is 2.25 bits per heavy atom. The third-order valence-electron chi connectivity index (χ3n) is 4.42. The number of halogens is 2. The molecule has 4 N–H and O–H groups in total. The van der Waals surface area contributed by atoms with E-state index in [-0.39, 0.29) is 10.5 Å². The van der Waals surface area contributed by atoms with Gasteiger partial charge in [-0.15, -0.1) is 0 Å². The number of hydrogen-bond acceptors (Lipinski definition) is 6. The van der Waals surface area contributed by atoms with Crippen LogP contribution in [0.3, 0.4) is 0 Å². The highest BCUT2D eigenvalue weighted by atomic mass is 32.2. The Bertz CT molecular complexity index is 1170. The zero-order chi connectivity index (χ0) is 23.1. The largest absolute Gasteiger partial charge is 0.355 e. The van der Waals surface area contributed by atoms with Gasteiger partial charge in [0.25, 0.3) is 21.7 Å². The maximum atomic E-state index is 12.8. The van der Waals surface area contributed by atoms with E-state index in [4.69, 9.17) is 5.73 Å². The molecule has 0 saturated carbocycles. The van der Waals surface area contributed by atoms with E-state index in [2.05, 4.69) is 10.0 Å². The van der Waals surface area contributed by atoms with Crippen LogP contribution in [0.5, 0.6) is 0 Å². The minimum absolute atomic E-state index is 0.0378. The number of nitrogens with one attached hydrogen (secondary N) is 2. The summed E-state index contributed by atoms with van der Waals surface area (Å²) in [5, 5.41) is 3.02. The fraction of sp³-hybridized carbons (Fsp3) is 0.136. The third-order valence-corrected chi connectivity index (χ3v) is 6.49. The van der Waals surface area contributed by atoms with Crippen LogP contribution in [0.2, 0.25) is 0 Å². The van der Waals surface area contributed by atoms with Gasteiger partial charge in [-0.05, 0) is 67.1 Å². The summed E-state index contributed by atoms with van der Waals surface area (Å²) < 4.78 is 52.3. The van der Waals surface area contributed by atoms with Crippen LogP contribution in [0.1, 0.15) is 15.9 Å². The third kappa shape index (κ3) is 6.28. The number of rotatable bonds is 9. The van der Waals surface area contributed by atoms with E-state index in [9.17, 15) is 22.0 Å². The van der Waals surface area contributed by atoms with Crippen molar-refractivity contribution in [2.75, 3.05) is 11.9 Å². The maximum Gasteiger partial charge on any atom is 0.288 e. The minimum atomic E-state index is -4.08. The van der Waals surface area contributed by atoms with E-state index in [0.717, 1.165) is 5.56 Å². The van der Waals surface area contributed by atoms with Crippen LogP contribution in [-0.2, 0) is 16.4 Å². The van der Waals surface area contributed by atoms with Crippen LogP contribution in [0.15, 0.2) is 82.6 Å². The van der Waals surface area contributed by atoms with E-state index in [1.807, 2.05) is 0 Å². The molecule has 0 saturated heterocycles. The van der Waals surface area contributed by atoms with Crippen LogP contribution in [0, 0.1) is 0 Å². The molecule has 0 heterocycles.